The maximum Gasteiger partial charge on any atom is 0.409 e. The number of nitrogens with zero attached hydrogens (tertiary/aromatic N) is 5. The second-order valence-corrected chi connectivity index (χ2v) is 15.4. The number of benzene rings is 2. The lowest BCUT2D eigenvalue weighted by atomic mass is 10.0. The molecule has 0 aliphatic carbocycles. The van der Waals surface area contributed by atoms with E-state index in [1.54, 1.807) is 51.0 Å². The topological polar surface area (TPSA) is 196 Å². The standard InChI is InChI=1S/C41H53N6O11P/c1-5-11-35(48)56-41(57-36(49)12-6-2)58-59(53)31-17-15-28(16-18-31)25-33(39(51)45-21-23-46(24-22-45)40(52)55-7-3)43-38(50)32-26-34(47-20-19-30(27-47)54-4)44-37(42-32)29-13-9-8-10-14-29/h8-10,13-18,26,30,33,41,59H,5-7,11-12,19-25,27H2,1-4H3,(H,43,50)/t30-,33-/m0/s1. The third-order valence-corrected chi connectivity index (χ3v) is 10.9. The van der Waals surface area contributed by atoms with E-state index < -0.39 is 44.5 Å². The molecule has 0 radical (unpaired) electrons. The van der Waals surface area contributed by atoms with Crippen molar-refractivity contribution in [1.82, 2.24) is 25.1 Å². The first kappa shape index (κ1) is 44.7. The summed E-state index contributed by atoms with van der Waals surface area (Å²) in [4.78, 5) is 79.7. The number of hydrogen-bond acceptors (Lipinski definition) is 14. The summed E-state index contributed by atoms with van der Waals surface area (Å²) in [5, 5.41) is 3.16. The van der Waals surface area contributed by atoms with Crippen molar-refractivity contribution in [2.75, 3.05) is 57.9 Å². The predicted octanol–water partition coefficient (Wildman–Crippen LogP) is 4.10. The summed E-state index contributed by atoms with van der Waals surface area (Å²) < 4.78 is 39.7. The molecule has 2 aromatic carbocycles. The van der Waals surface area contributed by atoms with E-state index in [0.29, 0.717) is 48.7 Å². The van der Waals surface area contributed by atoms with Crippen molar-refractivity contribution in [2.24, 2.45) is 0 Å². The smallest absolute Gasteiger partial charge is 0.409 e. The highest BCUT2D eigenvalue weighted by Crippen LogP contribution is 2.27. The van der Waals surface area contributed by atoms with Gasteiger partial charge in [0.2, 0.25) is 13.9 Å². The third-order valence-electron chi connectivity index (χ3n) is 9.70. The van der Waals surface area contributed by atoms with Gasteiger partial charge < -0.3 is 39.0 Å². The summed E-state index contributed by atoms with van der Waals surface area (Å²) in [5.74, 6) is -1.39. The van der Waals surface area contributed by atoms with Crippen LogP contribution in [0.2, 0.25) is 0 Å². The largest absolute Gasteiger partial charge is 0.450 e. The van der Waals surface area contributed by atoms with Gasteiger partial charge in [0.15, 0.2) is 5.82 Å². The second kappa shape index (κ2) is 22.1. The average molecular weight is 837 g/mol. The normalized spacial score (nSPS) is 16.4. The predicted molar refractivity (Wildman–Crippen MR) is 217 cm³/mol. The van der Waals surface area contributed by atoms with E-state index >= 15 is 0 Å². The minimum atomic E-state index is -3.09. The molecule has 2 aliphatic rings. The Labute approximate surface area is 344 Å². The Kier molecular flexibility index (Phi) is 16.8. The summed E-state index contributed by atoms with van der Waals surface area (Å²) >= 11 is 0. The summed E-state index contributed by atoms with van der Waals surface area (Å²) in [6, 6.07) is 16.2. The maximum absolute atomic E-state index is 14.2. The molecular formula is C41H53N6O11P. The maximum atomic E-state index is 14.2. The highest BCUT2D eigenvalue weighted by atomic mass is 31.1. The minimum Gasteiger partial charge on any atom is -0.450 e. The number of anilines is 1. The SMILES string of the molecule is CCCC(=O)OC(OC(=O)CCC)O[PH](=O)c1ccc(C[C@H](NC(=O)c2cc(N3CC[C@H](OC)C3)nc(-c3ccccc3)n2)C(=O)N2CCN(C(=O)OCC)CC2)cc1. The number of aromatic nitrogens is 2. The summed E-state index contributed by atoms with van der Waals surface area (Å²) in [5.41, 5.74) is 1.40. The van der Waals surface area contributed by atoms with E-state index in [4.69, 9.17) is 28.5 Å². The molecule has 0 bridgehead atoms. The number of amides is 3. The first-order valence-corrected chi connectivity index (χ1v) is 21.3. The molecule has 1 unspecified atom stereocenters. The zero-order valence-electron chi connectivity index (χ0n) is 33.9. The number of nitrogens with one attached hydrogen (secondary N) is 1. The fourth-order valence-corrected chi connectivity index (χ4v) is 7.36. The van der Waals surface area contributed by atoms with Gasteiger partial charge in [-0.25, -0.2) is 14.8 Å². The molecule has 18 heteroatoms. The van der Waals surface area contributed by atoms with Gasteiger partial charge in [0.1, 0.15) is 17.6 Å². The van der Waals surface area contributed by atoms with Crippen molar-refractivity contribution in [2.45, 2.75) is 77.9 Å². The first-order valence-electron chi connectivity index (χ1n) is 19.9. The van der Waals surface area contributed by atoms with Crippen LogP contribution in [0, 0.1) is 0 Å². The number of rotatable bonds is 18. The van der Waals surface area contributed by atoms with E-state index in [1.165, 1.54) is 17.0 Å². The summed E-state index contributed by atoms with van der Waals surface area (Å²) in [6.07, 6.45) is 1.47. The average Bonchev–Trinajstić information content (AvgIpc) is 3.73. The number of esters is 2. The van der Waals surface area contributed by atoms with Crippen LogP contribution in [0.1, 0.15) is 68.9 Å². The Morgan fingerprint density at radius 2 is 1.49 bits per heavy atom. The van der Waals surface area contributed by atoms with Crippen LogP contribution in [0.25, 0.3) is 11.4 Å². The van der Waals surface area contributed by atoms with Gasteiger partial charge in [-0.05, 0) is 43.9 Å². The van der Waals surface area contributed by atoms with Crippen molar-refractivity contribution < 1.29 is 52.0 Å². The minimum absolute atomic E-state index is 0.0126. The van der Waals surface area contributed by atoms with E-state index in [9.17, 15) is 28.5 Å². The second-order valence-electron chi connectivity index (χ2n) is 14.0. The van der Waals surface area contributed by atoms with E-state index in [1.807, 2.05) is 35.2 Å². The van der Waals surface area contributed by atoms with Crippen LogP contribution in [0.5, 0.6) is 0 Å². The Bertz CT molecular complexity index is 1910. The molecule has 1 N–H and O–H groups in total. The zero-order valence-corrected chi connectivity index (χ0v) is 34.9. The fourth-order valence-electron chi connectivity index (χ4n) is 6.52. The third kappa shape index (κ3) is 12.8. The van der Waals surface area contributed by atoms with Crippen molar-refractivity contribution in [1.29, 1.82) is 0 Å². The van der Waals surface area contributed by atoms with E-state index in [-0.39, 0.29) is 75.1 Å². The summed E-state index contributed by atoms with van der Waals surface area (Å²) in [6.45, 7) is 5.94. The molecule has 2 fully saturated rings. The lowest BCUT2D eigenvalue weighted by Gasteiger charge is -2.36. The van der Waals surface area contributed by atoms with Gasteiger partial charge in [0.25, 0.3) is 5.91 Å². The molecule has 2 saturated heterocycles. The first-order chi connectivity index (χ1) is 28.5. The van der Waals surface area contributed by atoms with Crippen molar-refractivity contribution in [3.05, 3.63) is 71.9 Å². The molecule has 3 atom stereocenters. The number of carbonyl (C=O) groups excluding carboxylic acids is 5. The Hall–Kier alpha value is -5.38. The number of piperazine rings is 1. The van der Waals surface area contributed by atoms with E-state index in [2.05, 4.69) is 10.3 Å². The quantitative estimate of drug-likeness (QED) is 0.109. The molecule has 5 rings (SSSR count). The van der Waals surface area contributed by atoms with Gasteiger partial charge in [0.05, 0.1) is 12.7 Å². The van der Waals surface area contributed by atoms with Gasteiger partial charge in [0, 0.05) is 82.6 Å². The Balaban J connectivity index is 1.38. The molecule has 3 heterocycles. The molecule has 3 amide bonds. The number of ether oxygens (including phenoxy) is 4. The Morgan fingerprint density at radius 1 is 0.847 bits per heavy atom. The van der Waals surface area contributed by atoms with Crippen LogP contribution in [0.15, 0.2) is 60.7 Å². The molecule has 59 heavy (non-hydrogen) atoms. The highest BCUT2D eigenvalue weighted by molar-refractivity contribution is 7.48. The van der Waals surface area contributed by atoms with Crippen LogP contribution in [0.4, 0.5) is 10.6 Å². The number of methoxy groups -OCH3 is 1. The van der Waals surface area contributed by atoms with E-state index in [0.717, 1.165) is 6.42 Å². The van der Waals surface area contributed by atoms with Crippen LogP contribution in [-0.2, 0) is 48.8 Å². The molecule has 0 spiro atoms. The van der Waals surface area contributed by atoms with Gasteiger partial charge in [-0.3, -0.25) is 28.3 Å². The lowest BCUT2D eigenvalue weighted by molar-refractivity contribution is -0.233. The molecule has 17 nitrogen and oxygen atoms in total. The fraction of sp³-hybridized carbons (Fsp3) is 0.488. The summed E-state index contributed by atoms with van der Waals surface area (Å²) in [7, 11) is -1.43. The molecule has 1 aromatic heterocycles. The zero-order chi connectivity index (χ0) is 42.3. The van der Waals surface area contributed by atoms with Gasteiger partial charge in [-0.15, -0.1) is 0 Å². The van der Waals surface area contributed by atoms with Gasteiger partial charge in [-0.1, -0.05) is 56.3 Å². The van der Waals surface area contributed by atoms with Gasteiger partial charge in [-0.2, -0.15) is 0 Å². The van der Waals surface area contributed by atoms with Crippen LogP contribution >= 0.6 is 8.03 Å². The lowest BCUT2D eigenvalue weighted by Crippen LogP contribution is -2.56. The molecule has 2 aliphatic heterocycles. The van der Waals surface area contributed by atoms with Crippen molar-refractivity contribution in [3.63, 3.8) is 0 Å². The van der Waals surface area contributed by atoms with Crippen molar-refractivity contribution >= 4 is 49.0 Å². The van der Waals surface area contributed by atoms with Gasteiger partial charge >= 0.3 is 24.5 Å². The molecule has 3 aromatic rings. The Morgan fingerprint density at radius 3 is 2.08 bits per heavy atom. The van der Waals surface area contributed by atoms with Crippen LogP contribution < -0.4 is 15.5 Å². The van der Waals surface area contributed by atoms with Crippen molar-refractivity contribution in [3.8, 4) is 11.4 Å². The van der Waals surface area contributed by atoms with Crippen LogP contribution in [0.3, 0.4) is 0 Å². The molecule has 318 valence electrons. The molecular weight excluding hydrogens is 783 g/mol. The van der Waals surface area contributed by atoms with Crippen LogP contribution in [-0.4, -0.2) is 121 Å². The number of hydrogen-bond donors (Lipinski definition) is 1. The highest BCUT2D eigenvalue weighted by Gasteiger charge is 2.32. The number of carbonyl (C=O) groups is 5. The molecule has 0 saturated carbocycles. The monoisotopic (exact) mass is 836 g/mol.